The molecule has 1 aromatic heterocycles. The van der Waals surface area contributed by atoms with Gasteiger partial charge < -0.3 is 10.1 Å². The molecule has 1 saturated heterocycles. The van der Waals surface area contributed by atoms with Crippen molar-refractivity contribution in [3.63, 3.8) is 0 Å². The lowest BCUT2D eigenvalue weighted by Gasteiger charge is -2.22. The fourth-order valence-corrected chi connectivity index (χ4v) is 2.64. The van der Waals surface area contributed by atoms with Crippen LogP contribution in [0.3, 0.4) is 0 Å². The zero-order chi connectivity index (χ0) is 15.4. The summed E-state index contributed by atoms with van der Waals surface area (Å²) in [6.45, 7) is 2.95. The molecule has 22 heavy (non-hydrogen) atoms. The van der Waals surface area contributed by atoms with Gasteiger partial charge in [-0.05, 0) is 62.2 Å². The molecule has 0 amide bonds. The lowest BCUT2D eigenvalue weighted by molar-refractivity contribution is 0.215. The molecule has 5 heteroatoms. The van der Waals surface area contributed by atoms with E-state index in [1.807, 2.05) is 24.3 Å². The molecule has 116 valence electrons. The Hall–Kier alpha value is -2.14. The Labute approximate surface area is 129 Å². The third kappa shape index (κ3) is 3.54. The minimum Gasteiger partial charge on any atom is -0.493 e. The molecule has 1 aliphatic heterocycles. The molecule has 0 radical (unpaired) electrons. The maximum Gasteiger partial charge on any atom is 0.266 e. The van der Waals surface area contributed by atoms with Gasteiger partial charge in [0.05, 0.1) is 12.3 Å². The molecule has 5 nitrogen and oxygen atoms in total. The van der Waals surface area contributed by atoms with E-state index in [0.29, 0.717) is 5.92 Å². The number of hydrogen-bond acceptors (Lipinski definition) is 4. The van der Waals surface area contributed by atoms with Crippen LogP contribution in [-0.4, -0.2) is 29.5 Å². The molecule has 1 aromatic carbocycles. The van der Waals surface area contributed by atoms with Crippen LogP contribution in [0.5, 0.6) is 5.75 Å². The maximum atomic E-state index is 11.4. The van der Waals surface area contributed by atoms with Gasteiger partial charge in [0.2, 0.25) is 0 Å². The van der Waals surface area contributed by atoms with E-state index in [9.17, 15) is 4.79 Å². The Kier molecular flexibility index (Phi) is 4.53. The Morgan fingerprint density at radius 2 is 1.91 bits per heavy atom. The van der Waals surface area contributed by atoms with Crippen LogP contribution < -0.4 is 15.6 Å². The minimum atomic E-state index is -0.106. The molecule has 1 fully saturated rings. The van der Waals surface area contributed by atoms with Crippen molar-refractivity contribution in [1.82, 2.24) is 15.1 Å². The first kappa shape index (κ1) is 14.8. The van der Waals surface area contributed by atoms with Crippen LogP contribution in [-0.2, 0) is 7.05 Å². The van der Waals surface area contributed by atoms with E-state index < -0.39 is 0 Å². The highest BCUT2D eigenvalue weighted by Crippen LogP contribution is 2.21. The summed E-state index contributed by atoms with van der Waals surface area (Å²) in [6, 6.07) is 11.2. The van der Waals surface area contributed by atoms with Crippen LogP contribution >= 0.6 is 0 Å². The Balaban J connectivity index is 1.64. The molecule has 1 N–H and O–H groups in total. The zero-order valence-electron chi connectivity index (χ0n) is 12.8. The van der Waals surface area contributed by atoms with Crippen LogP contribution in [0, 0.1) is 5.92 Å². The summed E-state index contributed by atoms with van der Waals surface area (Å²) in [5, 5.41) is 7.61. The van der Waals surface area contributed by atoms with E-state index in [1.165, 1.54) is 23.6 Å². The largest absolute Gasteiger partial charge is 0.493 e. The smallest absolute Gasteiger partial charge is 0.266 e. The van der Waals surface area contributed by atoms with E-state index in [1.54, 1.807) is 13.1 Å². The van der Waals surface area contributed by atoms with E-state index in [-0.39, 0.29) is 5.56 Å². The Bertz CT molecular complexity index is 673. The predicted molar refractivity (Wildman–Crippen MR) is 86.0 cm³/mol. The van der Waals surface area contributed by atoms with E-state index >= 15 is 0 Å². The highest BCUT2D eigenvalue weighted by atomic mass is 16.5. The lowest BCUT2D eigenvalue weighted by Crippen LogP contribution is -2.30. The summed E-state index contributed by atoms with van der Waals surface area (Å²) in [6.07, 6.45) is 2.36. The fourth-order valence-electron chi connectivity index (χ4n) is 2.64. The average molecular weight is 299 g/mol. The highest BCUT2D eigenvalue weighted by molar-refractivity contribution is 5.59. The minimum absolute atomic E-state index is 0.106. The van der Waals surface area contributed by atoms with Crippen molar-refractivity contribution in [3.05, 3.63) is 46.8 Å². The van der Waals surface area contributed by atoms with Crippen molar-refractivity contribution in [2.45, 2.75) is 12.8 Å². The van der Waals surface area contributed by atoms with Crippen LogP contribution in [0.2, 0.25) is 0 Å². The summed E-state index contributed by atoms with van der Waals surface area (Å²) >= 11 is 0. The number of benzene rings is 1. The number of piperidine rings is 1. The zero-order valence-corrected chi connectivity index (χ0v) is 12.8. The molecular weight excluding hydrogens is 278 g/mol. The lowest BCUT2D eigenvalue weighted by atomic mass is 9.99. The molecule has 0 spiro atoms. The summed E-state index contributed by atoms with van der Waals surface area (Å²) in [4.78, 5) is 11.4. The molecular formula is C17H21N3O2. The van der Waals surface area contributed by atoms with Gasteiger partial charge in [0, 0.05) is 18.7 Å². The summed E-state index contributed by atoms with van der Waals surface area (Å²) in [5.41, 5.74) is 1.66. The number of ether oxygens (including phenoxy) is 1. The number of rotatable bonds is 4. The van der Waals surface area contributed by atoms with Crippen LogP contribution in [0.25, 0.3) is 11.3 Å². The molecule has 2 heterocycles. The summed E-state index contributed by atoms with van der Waals surface area (Å²) < 4.78 is 7.22. The molecule has 2 aromatic rings. The first-order chi connectivity index (χ1) is 10.7. The number of aromatic nitrogens is 2. The third-order valence-corrected chi connectivity index (χ3v) is 4.05. The summed E-state index contributed by atoms with van der Waals surface area (Å²) in [5.74, 6) is 1.53. The van der Waals surface area contributed by atoms with Crippen LogP contribution in [0.15, 0.2) is 41.2 Å². The third-order valence-electron chi connectivity index (χ3n) is 4.05. The fraction of sp³-hybridized carbons (Fsp3) is 0.412. The average Bonchev–Trinajstić information content (AvgIpc) is 2.57. The molecule has 0 bridgehead atoms. The molecule has 3 rings (SSSR count). The second-order valence-electron chi connectivity index (χ2n) is 5.71. The van der Waals surface area contributed by atoms with Crippen molar-refractivity contribution in [2.75, 3.05) is 19.7 Å². The van der Waals surface area contributed by atoms with Crippen molar-refractivity contribution < 1.29 is 4.74 Å². The van der Waals surface area contributed by atoms with Gasteiger partial charge >= 0.3 is 0 Å². The Morgan fingerprint density at radius 1 is 1.18 bits per heavy atom. The Morgan fingerprint density at radius 3 is 2.59 bits per heavy atom. The SMILES string of the molecule is Cn1nc(-c2ccc(OCC3CCNCC3)cc2)ccc1=O. The van der Waals surface area contributed by atoms with Crippen molar-refractivity contribution in [1.29, 1.82) is 0 Å². The quantitative estimate of drug-likeness (QED) is 0.936. The second kappa shape index (κ2) is 6.75. The van der Waals surface area contributed by atoms with Crippen LogP contribution in [0.1, 0.15) is 12.8 Å². The molecule has 0 saturated carbocycles. The van der Waals surface area contributed by atoms with E-state index in [0.717, 1.165) is 36.7 Å². The number of hydrogen-bond donors (Lipinski definition) is 1. The topological polar surface area (TPSA) is 56.1 Å². The first-order valence-corrected chi connectivity index (χ1v) is 7.71. The monoisotopic (exact) mass is 299 g/mol. The number of aryl methyl sites for hydroxylation is 1. The van der Waals surface area contributed by atoms with Gasteiger partial charge in [0.1, 0.15) is 5.75 Å². The van der Waals surface area contributed by atoms with E-state index in [4.69, 9.17) is 4.74 Å². The maximum absolute atomic E-state index is 11.4. The first-order valence-electron chi connectivity index (χ1n) is 7.71. The second-order valence-corrected chi connectivity index (χ2v) is 5.71. The van der Waals surface area contributed by atoms with Gasteiger partial charge in [-0.25, -0.2) is 4.68 Å². The molecule has 1 aliphatic rings. The molecule has 0 unspecified atom stereocenters. The molecule has 0 atom stereocenters. The normalized spacial score (nSPS) is 15.7. The van der Waals surface area contributed by atoms with Crippen molar-refractivity contribution in [2.24, 2.45) is 13.0 Å². The van der Waals surface area contributed by atoms with E-state index in [2.05, 4.69) is 10.4 Å². The van der Waals surface area contributed by atoms with Gasteiger partial charge in [-0.15, -0.1) is 0 Å². The van der Waals surface area contributed by atoms with Gasteiger partial charge in [-0.1, -0.05) is 0 Å². The van der Waals surface area contributed by atoms with Gasteiger partial charge in [-0.3, -0.25) is 4.79 Å². The summed E-state index contributed by atoms with van der Waals surface area (Å²) in [7, 11) is 1.66. The van der Waals surface area contributed by atoms with Gasteiger partial charge in [0.15, 0.2) is 0 Å². The molecule has 0 aliphatic carbocycles. The highest BCUT2D eigenvalue weighted by Gasteiger charge is 2.13. The van der Waals surface area contributed by atoms with Crippen molar-refractivity contribution in [3.8, 4) is 17.0 Å². The predicted octanol–water partition coefficient (Wildman–Crippen LogP) is 1.83. The van der Waals surface area contributed by atoms with Crippen LogP contribution in [0.4, 0.5) is 0 Å². The standard InChI is InChI=1S/C17H21N3O2/c1-20-17(21)7-6-16(19-20)14-2-4-15(5-3-14)22-12-13-8-10-18-11-9-13/h2-7,13,18H,8-12H2,1H3. The number of nitrogens with one attached hydrogen (secondary N) is 1. The van der Waals surface area contributed by atoms with Gasteiger partial charge in [0.25, 0.3) is 5.56 Å². The number of nitrogens with zero attached hydrogens (tertiary/aromatic N) is 2. The van der Waals surface area contributed by atoms with Crippen molar-refractivity contribution >= 4 is 0 Å². The van der Waals surface area contributed by atoms with Gasteiger partial charge in [-0.2, -0.15) is 5.10 Å².